The third-order valence-electron chi connectivity index (χ3n) is 6.07. The topological polar surface area (TPSA) is 81.0 Å². The van der Waals surface area contributed by atoms with E-state index < -0.39 is 29.8 Å². The van der Waals surface area contributed by atoms with Gasteiger partial charge in [-0.3, -0.25) is 9.51 Å². The maximum Gasteiger partial charge on any atom is 0.439 e. The molecule has 0 radical (unpaired) electrons. The Morgan fingerprint density at radius 2 is 1.82 bits per heavy atom. The lowest BCUT2D eigenvalue weighted by molar-refractivity contribution is -0.226. The van der Waals surface area contributed by atoms with Gasteiger partial charge in [-0.2, -0.15) is 26.3 Å². The second kappa shape index (κ2) is 9.70. The summed E-state index contributed by atoms with van der Waals surface area (Å²) in [4.78, 5) is 17.8. The number of aromatic nitrogens is 3. The molecule has 0 spiro atoms. The van der Waals surface area contributed by atoms with Crippen LogP contribution in [0.15, 0.2) is 51.8 Å². The monoisotopic (exact) mass is 555 g/mol. The Hall–Kier alpha value is -3.45. The summed E-state index contributed by atoms with van der Waals surface area (Å²) < 4.78 is 90.7. The molecular weight excluding hydrogens is 536 g/mol. The van der Waals surface area contributed by atoms with E-state index in [1.54, 1.807) is 18.2 Å². The van der Waals surface area contributed by atoms with Crippen LogP contribution in [0.25, 0.3) is 22.0 Å². The van der Waals surface area contributed by atoms with Crippen molar-refractivity contribution < 1.29 is 35.6 Å². The molecule has 1 saturated carbocycles. The van der Waals surface area contributed by atoms with Gasteiger partial charge in [-0.15, -0.1) is 11.3 Å². The molecule has 5 rings (SSSR count). The number of benzene rings is 2. The number of aromatic amines is 1. The third kappa shape index (κ3) is 5.53. The smallest absolute Gasteiger partial charge is 0.358 e. The molecule has 0 bridgehead atoms. The summed E-state index contributed by atoms with van der Waals surface area (Å²) in [6.45, 7) is 1.05. The summed E-state index contributed by atoms with van der Waals surface area (Å²) in [6.07, 6.45) is -9.76. The average molecular weight is 556 g/mol. The zero-order chi connectivity index (χ0) is 27.2. The fourth-order valence-electron chi connectivity index (χ4n) is 4.07. The van der Waals surface area contributed by atoms with Crippen molar-refractivity contribution >= 4 is 11.3 Å². The van der Waals surface area contributed by atoms with Crippen LogP contribution in [0, 0.1) is 6.92 Å². The van der Waals surface area contributed by atoms with E-state index in [-0.39, 0.29) is 39.5 Å². The van der Waals surface area contributed by atoms with Crippen LogP contribution in [0.1, 0.15) is 52.1 Å². The normalized spacial score (nSPS) is 15.1. The first-order valence-corrected chi connectivity index (χ1v) is 12.2. The summed E-state index contributed by atoms with van der Waals surface area (Å²) in [5, 5.41) is 3.86. The number of hydrogen-bond donors (Lipinski definition) is 1. The molecule has 6 nitrogen and oxygen atoms in total. The van der Waals surface area contributed by atoms with E-state index in [1.165, 1.54) is 19.1 Å². The van der Waals surface area contributed by atoms with Crippen LogP contribution in [0.4, 0.5) is 26.3 Å². The molecule has 38 heavy (non-hydrogen) atoms. The van der Waals surface area contributed by atoms with Gasteiger partial charge in [0.15, 0.2) is 11.9 Å². The number of nitrogens with zero attached hydrogens (tertiary/aromatic N) is 2. The van der Waals surface area contributed by atoms with Crippen LogP contribution >= 0.6 is 11.3 Å². The lowest BCUT2D eigenvalue weighted by Gasteiger charge is -2.20. The second-order valence-electron chi connectivity index (χ2n) is 8.92. The Balaban J connectivity index is 1.39. The van der Waals surface area contributed by atoms with Crippen molar-refractivity contribution in [2.45, 2.75) is 50.7 Å². The molecule has 1 N–H and O–H groups in total. The Bertz CT molecular complexity index is 1500. The molecule has 200 valence electrons. The predicted octanol–water partition coefficient (Wildman–Crippen LogP) is 7.18. The minimum absolute atomic E-state index is 0.0798. The number of hydrogen-bond acceptors (Lipinski definition) is 6. The Morgan fingerprint density at radius 1 is 1.11 bits per heavy atom. The van der Waals surface area contributed by atoms with E-state index in [0.29, 0.717) is 11.1 Å². The van der Waals surface area contributed by atoms with Crippen LogP contribution in [-0.2, 0) is 17.5 Å². The number of halogens is 6. The van der Waals surface area contributed by atoms with E-state index in [2.05, 4.69) is 19.6 Å². The molecule has 2 aromatic carbocycles. The number of ether oxygens (including phenoxy) is 1. The third-order valence-corrected chi connectivity index (χ3v) is 7.32. The first-order chi connectivity index (χ1) is 17.9. The van der Waals surface area contributed by atoms with Crippen LogP contribution in [0.5, 0.6) is 0 Å². The second-order valence-corrected chi connectivity index (χ2v) is 9.95. The molecule has 2 heterocycles. The largest absolute Gasteiger partial charge is 0.439 e. The summed E-state index contributed by atoms with van der Waals surface area (Å²) in [5.74, 6) is -0.273. The first-order valence-electron chi connectivity index (χ1n) is 11.4. The maximum atomic E-state index is 14.1. The minimum atomic E-state index is -4.76. The van der Waals surface area contributed by atoms with E-state index in [9.17, 15) is 31.1 Å². The molecule has 0 amide bonds. The molecule has 1 aliphatic carbocycles. The molecule has 2 aromatic heterocycles. The molecule has 1 fully saturated rings. The van der Waals surface area contributed by atoms with Gasteiger partial charge in [0.25, 0.3) is 0 Å². The Morgan fingerprint density at radius 3 is 2.39 bits per heavy atom. The average Bonchev–Trinajstić information content (AvgIpc) is 3.50. The van der Waals surface area contributed by atoms with Gasteiger partial charge in [0.05, 0.1) is 22.7 Å². The molecule has 1 aliphatic rings. The van der Waals surface area contributed by atoms with Crippen molar-refractivity contribution in [3.63, 3.8) is 0 Å². The highest BCUT2D eigenvalue weighted by Crippen LogP contribution is 2.45. The molecule has 0 saturated heterocycles. The molecule has 0 aliphatic heterocycles. The van der Waals surface area contributed by atoms with Crippen LogP contribution in [0.3, 0.4) is 0 Å². The summed E-state index contributed by atoms with van der Waals surface area (Å²) in [7, 11) is 0. The number of thiazole rings is 1. The maximum absolute atomic E-state index is 14.1. The Labute approximate surface area is 215 Å². The number of H-pyrrole nitrogens is 1. The van der Waals surface area contributed by atoms with Crippen molar-refractivity contribution in [2.75, 3.05) is 0 Å². The number of alkyl halides is 6. The molecule has 13 heteroatoms. The number of nitrogens with one attached hydrogen (secondary N) is 1. The van der Waals surface area contributed by atoms with Gasteiger partial charge in [0.2, 0.25) is 0 Å². The summed E-state index contributed by atoms with van der Waals surface area (Å²) in [6, 6.07) is 9.06. The lowest BCUT2D eigenvalue weighted by Crippen LogP contribution is -2.23. The number of aryl methyl sites for hydroxylation is 1. The van der Waals surface area contributed by atoms with Crippen LogP contribution in [0.2, 0.25) is 0 Å². The van der Waals surface area contributed by atoms with Crippen LogP contribution < -0.4 is 5.76 Å². The van der Waals surface area contributed by atoms with Gasteiger partial charge >= 0.3 is 18.1 Å². The van der Waals surface area contributed by atoms with Crippen molar-refractivity contribution in [3.8, 4) is 22.0 Å². The number of rotatable bonds is 7. The molecule has 1 unspecified atom stereocenters. The van der Waals surface area contributed by atoms with Gasteiger partial charge < -0.3 is 4.74 Å². The standard InChI is InChI=1S/C25H19F6N3O3S/c1-12-19(38-22(32-12)15-5-7-16(8-6-15)24(26,27)28)20(25(29,30)31)36-11-13-2-9-17(18(10-13)14-3-4-14)21-33-23(35)37-34-21/h2,5-10,14,20H,3-4,11H2,1H3,(H,33,34,35). The van der Waals surface area contributed by atoms with Gasteiger partial charge in [-0.1, -0.05) is 35.5 Å². The van der Waals surface area contributed by atoms with E-state index in [1.807, 2.05) is 0 Å². The van der Waals surface area contributed by atoms with E-state index >= 15 is 0 Å². The van der Waals surface area contributed by atoms with Crippen molar-refractivity contribution in [1.82, 2.24) is 15.1 Å². The highest BCUT2D eigenvalue weighted by molar-refractivity contribution is 7.15. The first kappa shape index (κ1) is 26.2. The minimum Gasteiger partial charge on any atom is -0.358 e. The van der Waals surface area contributed by atoms with E-state index in [4.69, 9.17) is 4.74 Å². The summed E-state index contributed by atoms with van der Waals surface area (Å²) in [5.41, 5.74) is 1.45. The molecular formula is C25H19F6N3O3S. The van der Waals surface area contributed by atoms with Gasteiger partial charge in [-0.05, 0) is 48.9 Å². The van der Waals surface area contributed by atoms with Gasteiger partial charge in [-0.25, -0.2) is 9.78 Å². The highest BCUT2D eigenvalue weighted by Gasteiger charge is 2.44. The molecule has 1 atom stereocenters. The van der Waals surface area contributed by atoms with Crippen molar-refractivity contribution in [3.05, 3.63) is 80.3 Å². The van der Waals surface area contributed by atoms with Crippen molar-refractivity contribution in [2.24, 2.45) is 0 Å². The van der Waals surface area contributed by atoms with Crippen LogP contribution in [-0.4, -0.2) is 21.3 Å². The molecule has 4 aromatic rings. The predicted molar refractivity (Wildman–Crippen MR) is 125 cm³/mol. The lowest BCUT2D eigenvalue weighted by atomic mass is 10.00. The Kier molecular flexibility index (Phi) is 6.68. The fourth-order valence-corrected chi connectivity index (χ4v) is 5.22. The summed E-state index contributed by atoms with van der Waals surface area (Å²) >= 11 is 0.726. The zero-order valence-corrected chi connectivity index (χ0v) is 20.4. The SMILES string of the molecule is Cc1nc(-c2ccc(C(F)(F)F)cc2)sc1C(OCc1ccc(-c2noc(=O)[nH]2)c(C2CC2)c1)C(F)(F)F. The van der Waals surface area contributed by atoms with Gasteiger partial charge in [0, 0.05) is 11.1 Å². The fraction of sp³-hybridized carbons (Fsp3) is 0.320. The highest BCUT2D eigenvalue weighted by atomic mass is 32.1. The van der Waals surface area contributed by atoms with Gasteiger partial charge in [0.1, 0.15) is 5.01 Å². The van der Waals surface area contributed by atoms with E-state index in [0.717, 1.165) is 41.9 Å². The quantitative estimate of drug-likeness (QED) is 0.245. The van der Waals surface area contributed by atoms with Crippen molar-refractivity contribution in [1.29, 1.82) is 0 Å². The zero-order valence-electron chi connectivity index (χ0n) is 19.6.